The molecule has 1 aromatic carbocycles. The number of methoxy groups -OCH3 is 1. The van der Waals surface area contributed by atoms with Gasteiger partial charge >= 0.3 is 0 Å². The minimum absolute atomic E-state index is 0.0923. The second-order valence-electron chi connectivity index (χ2n) is 4.26. The maximum atomic E-state index is 5.96. The van der Waals surface area contributed by atoms with Gasteiger partial charge in [0.1, 0.15) is 5.75 Å². The van der Waals surface area contributed by atoms with Crippen molar-refractivity contribution in [1.29, 1.82) is 0 Å². The summed E-state index contributed by atoms with van der Waals surface area (Å²) in [6.45, 7) is 4.05. The fourth-order valence-electron chi connectivity index (χ4n) is 1.94. The van der Waals surface area contributed by atoms with Gasteiger partial charge in [0.15, 0.2) is 0 Å². The maximum Gasteiger partial charge on any atom is 0.205 e. The fraction of sp³-hybridized carbons (Fsp3) is 0.538. The van der Waals surface area contributed by atoms with Gasteiger partial charge in [-0.1, -0.05) is 15.9 Å². The predicted octanol–water partition coefficient (Wildman–Crippen LogP) is 3.07. The minimum Gasteiger partial charge on any atom is -0.497 e. The van der Waals surface area contributed by atoms with E-state index in [1.54, 1.807) is 7.11 Å². The standard InChI is InChI=1S/C13H17BrO3/c1-9-10(2)17-13(8-14,16-9)11-4-6-12(15-3)7-5-11/h4-7,9-10H,8H2,1-3H3/t9-,10?,13?/m1/s1. The monoisotopic (exact) mass is 300 g/mol. The Morgan fingerprint density at radius 3 is 2.12 bits per heavy atom. The highest BCUT2D eigenvalue weighted by molar-refractivity contribution is 9.09. The Morgan fingerprint density at radius 2 is 1.71 bits per heavy atom. The molecule has 2 unspecified atom stereocenters. The Balaban J connectivity index is 2.29. The van der Waals surface area contributed by atoms with Gasteiger partial charge in [0.25, 0.3) is 0 Å². The molecule has 1 aliphatic rings. The first-order chi connectivity index (χ1) is 8.11. The summed E-state index contributed by atoms with van der Waals surface area (Å²) in [4.78, 5) is 0. The average molecular weight is 301 g/mol. The molecule has 0 amide bonds. The summed E-state index contributed by atoms with van der Waals surface area (Å²) < 4.78 is 17.1. The van der Waals surface area contributed by atoms with Crippen LogP contribution in [0.25, 0.3) is 0 Å². The zero-order chi connectivity index (χ0) is 12.5. The van der Waals surface area contributed by atoms with E-state index in [1.165, 1.54) is 0 Å². The van der Waals surface area contributed by atoms with Crippen molar-refractivity contribution in [3.8, 4) is 5.75 Å². The summed E-state index contributed by atoms with van der Waals surface area (Å²) >= 11 is 3.48. The van der Waals surface area contributed by atoms with Crippen LogP contribution in [0.2, 0.25) is 0 Å². The quantitative estimate of drug-likeness (QED) is 0.803. The summed E-state index contributed by atoms with van der Waals surface area (Å²) in [7, 11) is 1.65. The number of ether oxygens (including phenoxy) is 3. The number of hydrogen-bond donors (Lipinski definition) is 0. The Kier molecular flexibility index (Phi) is 3.76. The van der Waals surface area contributed by atoms with Crippen molar-refractivity contribution in [3.63, 3.8) is 0 Å². The first kappa shape index (κ1) is 12.9. The molecule has 0 radical (unpaired) electrons. The van der Waals surface area contributed by atoms with Crippen molar-refractivity contribution < 1.29 is 14.2 Å². The highest BCUT2D eigenvalue weighted by Crippen LogP contribution is 2.39. The molecule has 1 aromatic rings. The maximum absolute atomic E-state index is 5.96. The average Bonchev–Trinajstić information content (AvgIpc) is 2.66. The van der Waals surface area contributed by atoms with Gasteiger partial charge in [-0.15, -0.1) is 0 Å². The van der Waals surface area contributed by atoms with Gasteiger partial charge in [-0.3, -0.25) is 0 Å². The van der Waals surface area contributed by atoms with Crippen LogP contribution in [0.15, 0.2) is 24.3 Å². The summed E-state index contributed by atoms with van der Waals surface area (Å²) in [5.41, 5.74) is 1.01. The van der Waals surface area contributed by atoms with Crippen LogP contribution in [0.3, 0.4) is 0 Å². The Labute approximate surface area is 110 Å². The van der Waals surface area contributed by atoms with Crippen LogP contribution in [0.5, 0.6) is 5.75 Å². The van der Waals surface area contributed by atoms with Gasteiger partial charge in [-0.05, 0) is 38.1 Å². The van der Waals surface area contributed by atoms with Gasteiger partial charge in [0.2, 0.25) is 5.79 Å². The Morgan fingerprint density at radius 1 is 1.18 bits per heavy atom. The molecular weight excluding hydrogens is 284 g/mol. The fourth-order valence-corrected chi connectivity index (χ4v) is 2.53. The third kappa shape index (κ3) is 2.34. The van der Waals surface area contributed by atoms with Crippen LogP contribution in [0, 0.1) is 0 Å². The number of benzene rings is 1. The molecule has 1 saturated heterocycles. The first-order valence-electron chi connectivity index (χ1n) is 5.67. The summed E-state index contributed by atoms with van der Waals surface area (Å²) in [6.07, 6.45) is 0.185. The number of halogens is 1. The zero-order valence-corrected chi connectivity index (χ0v) is 11.9. The molecule has 1 aliphatic heterocycles. The molecule has 3 atom stereocenters. The molecule has 0 N–H and O–H groups in total. The van der Waals surface area contributed by atoms with E-state index in [0.717, 1.165) is 11.3 Å². The lowest BCUT2D eigenvalue weighted by molar-refractivity contribution is -0.161. The Hall–Kier alpha value is -0.580. The smallest absolute Gasteiger partial charge is 0.205 e. The molecule has 1 fully saturated rings. The van der Waals surface area contributed by atoms with Crippen LogP contribution in [0.4, 0.5) is 0 Å². The number of rotatable bonds is 3. The van der Waals surface area contributed by atoms with Crippen LogP contribution in [0.1, 0.15) is 19.4 Å². The van der Waals surface area contributed by atoms with E-state index in [4.69, 9.17) is 14.2 Å². The summed E-state index contributed by atoms with van der Waals surface area (Å²) in [6, 6.07) is 7.79. The van der Waals surface area contributed by atoms with Crippen molar-refractivity contribution in [2.24, 2.45) is 0 Å². The van der Waals surface area contributed by atoms with E-state index in [2.05, 4.69) is 15.9 Å². The molecule has 1 heterocycles. The molecule has 17 heavy (non-hydrogen) atoms. The zero-order valence-electron chi connectivity index (χ0n) is 10.3. The molecule has 0 saturated carbocycles. The molecule has 0 aromatic heterocycles. The van der Waals surface area contributed by atoms with E-state index < -0.39 is 5.79 Å². The molecule has 2 rings (SSSR count). The first-order valence-corrected chi connectivity index (χ1v) is 6.79. The summed E-state index contributed by atoms with van der Waals surface area (Å²) in [5, 5.41) is 0.612. The van der Waals surface area contributed by atoms with E-state index in [9.17, 15) is 0 Å². The molecule has 94 valence electrons. The van der Waals surface area contributed by atoms with Crippen LogP contribution >= 0.6 is 15.9 Å². The normalized spacial score (nSPS) is 32.7. The van der Waals surface area contributed by atoms with Crippen LogP contribution in [-0.4, -0.2) is 24.6 Å². The third-order valence-electron chi connectivity index (χ3n) is 3.12. The second-order valence-corrected chi connectivity index (χ2v) is 4.82. The predicted molar refractivity (Wildman–Crippen MR) is 69.6 cm³/mol. The van der Waals surface area contributed by atoms with Gasteiger partial charge in [0.05, 0.1) is 24.6 Å². The van der Waals surface area contributed by atoms with Crippen molar-refractivity contribution in [2.75, 3.05) is 12.4 Å². The molecule has 0 aliphatic carbocycles. The highest BCUT2D eigenvalue weighted by atomic mass is 79.9. The lowest BCUT2D eigenvalue weighted by atomic mass is 10.1. The summed E-state index contributed by atoms with van der Waals surface area (Å²) in [5.74, 6) is 0.156. The Bertz CT molecular complexity index is 367. The van der Waals surface area contributed by atoms with Crippen molar-refractivity contribution >= 4 is 15.9 Å². The molecule has 0 bridgehead atoms. The highest BCUT2D eigenvalue weighted by Gasteiger charge is 2.44. The van der Waals surface area contributed by atoms with E-state index in [1.807, 2.05) is 38.1 Å². The van der Waals surface area contributed by atoms with Gasteiger partial charge < -0.3 is 14.2 Å². The molecule has 0 spiro atoms. The van der Waals surface area contributed by atoms with E-state index in [0.29, 0.717) is 5.33 Å². The molecular formula is C13H17BrO3. The SMILES string of the molecule is COc1ccc(C2(CBr)OC(C)[C@@H](C)O2)cc1. The molecule has 4 heteroatoms. The topological polar surface area (TPSA) is 27.7 Å². The van der Waals surface area contributed by atoms with Crippen molar-refractivity contribution in [2.45, 2.75) is 31.8 Å². The lowest BCUT2D eigenvalue weighted by Crippen LogP contribution is -2.29. The van der Waals surface area contributed by atoms with Crippen LogP contribution < -0.4 is 4.74 Å². The number of alkyl halides is 1. The number of hydrogen-bond acceptors (Lipinski definition) is 3. The van der Waals surface area contributed by atoms with Crippen LogP contribution in [-0.2, 0) is 15.3 Å². The van der Waals surface area contributed by atoms with E-state index in [-0.39, 0.29) is 12.2 Å². The third-order valence-corrected chi connectivity index (χ3v) is 3.86. The molecule has 3 nitrogen and oxygen atoms in total. The van der Waals surface area contributed by atoms with Gasteiger partial charge in [0, 0.05) is 5.56 Å². The second kappa shape index (κ2) is 4.96. The van der Waals surface area contributed by atoms with E-state index >= 15 is 0 Å². The van der Waals surface area contributed by atoms with Crippen molar-refractivity contribution in [3.05, 3.63) is 29.8 Å². The van der Waals surface area contributed by atoms with Gasteiger partial charge in [-0.25, -0.2) is 0 Å². The largest absolute Gasteiger partial charge is 0.497 e. The van der Waals surface area contributed by atoms with Crippen molar-refractivity contribution in [1.82, 2.24) is 0 Å². The van der Waals surface area contributed by atoms with Gasteiger partial charge in [-0.2, -0.15) is 0 Å². The lowest BCUT2D eigenvalue weighted by Gasteiger charge is -2.26. The minimum atomic E-state index is -0.675.